The molecule has 1 unspecified atom stereocenters. The van der Waals surface area contributed by atoms with Crippen LogP contribution in [-0.2, 0) is 6.54 Å². The quantitative estimate of drug-likeness (QED) is 0.786. The van der Waals surface area contributed by atoms with Crippen molar-refractivity contribution in [2.75, 3.05) is 13.6 Å². The zero-order valence-corrected chi connectivity index (χ0v) is 11.1. The summed E-state index contributed by atoms with van der Waals surface area (Å²) in [5.41, 5.74) is 1.09. The highest BCUT2D eigenvalue weighted by molar-refractivity contribution is 7.07. The number of nitrogens with zero attached hydrogens (tertiary/aromatic N) is 2. The molecule has 0 N–H and O–H groups in total. The van der Waals surface area contributed by atoms with Crippen LogP contribution in [0.15, 0.2) is 10.2 Å². The van der Waals surface area contributed by atoms with E-state index in [1.54, 1.807) is 0 Å². The van der Waals surface area contributed by atoms with Crippen LogP contribution in [0.4, 0.5) is 0 Å². The predicted octanol–water partition coefficient (Wildman–Crippen LogP) is 1.95. The van der Waals surface area contributed by atoms with Gasteiger partial charge in [-0.05, 0) is 39.7 Å². The number of hydrogen-bond acceptors (Lipinski definition) is 3. The van der Waals surface area contributed by atoms with Crippen molar-refractivity contribution in [3.05, 3.63) is 20.7 Å². The smallest absolute Gasteiger partial charge is 0.302 e. The van der Waals surface area contributed by atoms with Crippen LogP contribution in [0.5, 0.6) is 0 Å². The maximum absolute atomic E-state index is 11.5. The van der Waals surface area contributed by atoms with Gasteiger partial charge in [0.25, 0.3) is 0 Å². The van der Waals surface area contributed by atoms with Gasteiger partial charge in [0, 0.05) is 30.2 Å². The van der Waals surface area contributed by atoms with Crippen LogP contribution in [0, 0.1) is 12.8 Å². The maximum atomic E-state index is 11.5. The Morgan fingerprint density at radius 3 is 2.81 bits per heavy atom. The summed E-state index contributed by atoms with van der Waals surface area (Å²) < 4.78 is 1.88. The Kier molecular flexibility index (Phi) is 3.50. The summed E-state index contributed by atoms with van der Waals surface area (Å²) in [5.74, 6) is 0.894. The minimum Gasteiger partial charge on any atom is -0.302 e. The standard InChI is InChI=1S/C12H20N2OS/c1-9-8-16-12(15)14(9)7-6-13(3)10(2)11-4-5-11/h8,10-11H,4-7H2,1-3H3. The number of hydrogen-bond donors (Lipinski definition) is 0. The van der Waals surface area contributed by atoms with Crippen molar-refractivity contribution in [3.8, 4) is 0 Å². The van der Waals surface area contributed by atoms with E-state index < -0.39 is 0 Å². The van der Waals surface area contributed by atoms with E-state index in [1.165, 1.54) is 24.2 Å². The summed E-state index contributed by atoms with van der Waals surface area (Å²) in [6, 6.07) is 0.662. The van der Waals surface area contributed by atoms with Gasteiger partial charge in [-0.1, -0.05) is 11.3 Å². The van der Waals surface area contributed by atoms with Crippen molar-refractivity contribution in [1.82, 2.24) is 9.47 Å². The lowest BCUT2D eigenvalue weighted by Gasteiger charge is -2.24. The molecule has 1 atom stereocenters. The van der Waals surface area contributed by atoms with Gasteiger partial charge < -0.3 is 9.47 Å². The van der Waals surface area contributed by atoms with E-state index in [4.69, 9.17) is 0 Å². The summed E-state index contributed by atoms with van der Waals surface area (Å²) in [4.78, 5) is 14.1. The molecule has 0 aliphatic heterocycles. The Balaban J connectivity index is 1.89. The van der Waals surface area contributed by atoms with Gasteiger partial charge in [-0.25, -0.2) is 0 Å². The molecule has 1 heterocycles. The second-order valence-corrected chi connectivity index (χ2v) is 5.67. The van der Waals surface area contributed by atoms with Crippen LogP contribution in [0.1, 0.15) is 25.5 Å². The molecule has 0 radical (unpaired) electrons. The first-order valence-electron chi connectivity index (χ1n) is 5.94. The van der Waals surface area contributed by atoms with Crippen LogP contribution >= 0.6 is 11.3 Å². The molecule has 0 amide bonds. The first-order valence-corrected chi connectivity index (χ1v) is 6.82. The van der Waals surface area contributed by atoms with E-state index in [9.17, 15) is 4.79 Å². The second-order valence-electron chi connectivity index (χ2n) is 4.85. The van der Waals surface area contributed by atoms with Gasteiger partial charge in [0.05, 0.1) is 0 Å². The van der Waals surface area contributed by atoms with Gasteiger partial charge in [0.2, 0.25) is 0 Å². The lowest BCUT2D eigenvalue weighted by atomic mass is 10.2. The number of thiazole rings is 1. The highest BCUT2D eigenvalue weighted by atomic mass is 32.1. The summed E-state index contributed by atoms with van der Waals surface area (Å²) >= 11 is 1.30. The minimum atomic E-state index is 0.171. The molecule has 1 aliphatic carbocycles. The Bertz CT molecular complexity index is 405. The van der Waals surface area contributed by atoms with Crippen molar-refractivity contribution in [3.63, 3.8) is 0 Å². The van der Waals surface area contributed by atoms with Gasteiger partial charge in [-0.3, -0.25) is 4.79 Å². The molecule has 0 saturated heterocycles. The van der Waals surface area contributed by atoms with Crippen molar-refractivity contribution in [1.29, 1.82) is 0 Å². The van der Waals surface area contributed by atoms with Crippen LogP contribution in [0.25, 0.3) is 0 Å². The van der Waals surface area contributed by atoms with Gasteiger partial charge >= 0.3 is 4.87 Å². The normalized spacial score (nSPS) is 18.0. The van der Waals surface area contributed by atoms with E-state index in [1.807, 2.05) is 16.9 Å². The van der Waals surface area contributed by atoms with Crippen LogP contribution in [0.2, 0.25) is 0 Å². The summed E-state index contributed by atoms with van der Waals surface area (Å²) in [6.07, 6.45) is 2.76. The van der Waals surface area contributed by atoms with Crippen molar-refractivity contribution < 1.29 is 0 Å². The SMILES string of the molecule is Cc1csc(=O)n1CCN(C)C(C)C1CC1. The average molecular weight is 240 g/mol. The first-order chi connectivity index (χ1) is 7.59. The molecule has 90 valence electrons. The zero-order valence-electron chi connectivity index (χ0n) is 10.3. The molecule has 1 saturated carbocycles. The van der Waals surface area contributed by atoms with Crippen molar-refractivity contribution in [2.24, 2.45) is 5.92 Å². The summed E-state index contributed by atoms with van der Waals surface area (Å²) in [6.45, 7) is 6.08. The van der Waals surface area contributed by atoms with E-state index in [0.29, 0.717) is 6.04 Å². The largest absolute Gasteiger partial charge is 0.307 e. The van der Waals surface area contributed by atoms with Gasteiger partial charge in [0.15, 0.2) is 0 Å². The monoisotopic (exact) mass is 240 g/mol. The predicted molar refractivity (Wildman–Crippen MR) is 68.1 cm³/mol. The van der Waals surface area contributed by atoms with Gasteiger partial charge in [0.1, 0.15) is 0 Å². The Morgan fingerprint density at radius 1 is 1.62 bits per heavy atom. The van der Waals surface area contributed by atoms with E-state index in [2.05, 4.69) is 18.9 Å². The molecule has 1 aromatic rings. The van der Waals surface area contributed by atoms with Gasteiger partial charge in [-0.2, -0.15) is 0 Å². The Labute approximate surface area is 101 Å². The highest BCUT2D eigenvalue weighted by Gasteiger charge is 2.30. The molecule has 1 aliphatic rings. The zero-order chi connectivity index (χ0) is 11.7. The van der Waals surface area contributed by atoms with Crippen molar-refractivity contribution in [2.45, 2.75) is 39.3 Å². The molecule has 0 spiro atoms. The fourth-order valence-electron chi connectivity index (χ4n) is 2.07. The van der Waals surface area contributed by atoms with Crippen molar-refractivity contribution >= 4 is 11.3 Å². The molecule has 1 aromatic heterocycles. The summed E-state index contributed by atoms with van der Waals surface area (Å²) in [7, 11) is 2.16. The third kappa shape index (κ3) is 2.55. The number of aryl methyl sites for hydroxylation is 1. The molecule has 0 bridgehead atoms. The van der Waals surface area contributed by atoms with Crippen LogP contribution in [0.3, 0.4) is 0 Å². The first kappa shape index (κ1) is 11.9. The second kappa shape index (κ2) is 4.72. The molecule has 16 heavy (non-hydrogen) atoms. The minimum absolute atomic E-state index is 0.171. The highest BCUT2D eigenvalue weighted by Crippen LogP contribution is 2.34. The molecule has 2 rings (SSSR count). The van der Waals surface area contributed by atoms with Crippen LogP contribution in [-0.4, -0.2) is 29.1 Å². The fourth-order valence-corrected chi connectivity index (χ4v) is 2.84. The topological polar surface area (TPSA) is 25.2 Å². The molecule has 3 nitrogen and oxygen atoms in total. The number of aromatic nitrogens is 1. The molecule has 1 fully saturated rings. The molecule has 4 heteroatoms. The third-order valence-electron chi connectivity index (χ3n) is 3.65. The fraction of sp³-hybridized carbons (Fsp3) is 0.750. The average Bonchev–Trinajstić information content (AvgIpc) is 3.04. The Hall–Kier alpha value is -0.610. The van der Waals surface area contributed by atoms with Crippen LogP contribution < -0.4 is 4.87 Å². The van der Waals surface area contributed by atoms with Gasteiger partial charge in [-0.15, -0.1) is 0 Å². The molecule has 0 aromatic carbocycles. The van der Waals surface area contributed by atoms with E-state index in [-0.39, 0.29) is 4.87 Å². The lowest BCUT2D eigenvalue weighted by Crippen LogP contribution is -2.34. The number of likely N-dealkylation sites (N-methyl/N-ethyl adjacent to an activating group) is 1. The third-order valence-corrected chi connectivity index (χ3v) is 4.53. The lowest BCUT2D eigenvalue weighted by molar-refractivity contribution is 0.225. The van der Waals surface area contributed by atoms with E-state index in [0.717, 1.165) is 24.7 Å². The summed E-state index contributed by atoms with van der Waals surface area (Å²) in [5, 5.41) is 1.94. The van der Waals surface area contributed by atoms with E-state index >= 15 is 0 Å². The Morgan fingerprint density at radius 2 is 2.31 bits per heavy atom. The molecular formula is C12H20N2OS. The maximum Gasteiger partial charge on any atom is 0.307 e. The molecular weight excluding hydrogens is 220 g/mol. The number of rotatable bonds is 5.